The van der Waals surface area contributed by atoms with Crippen molar-refractivity contribution in [2.75, 3.05) is 38.0 Å². The van der Waals surface area contributed by atoms with Gasteiger partial charge in [-0.1, -0.05) is 46.8 Å². The van der Waals surface area contributed by atoms with Gasteiger partial charge < -0.3 is 15.5 Å². The maximum atomic E-state index is 15.0. The molecule has 4 aromatic rings. The zero-order valence-corrected chi connectivity index (χ0v) is 25.9. The Morgan fingerprint density at radius 3 is 2.30 bits per heavy atom. The molecule has 0 aliphatic carbocycles. The van der Waals surface area contributed by atoms with E-state index in [1.807, 2.05) is 33.8 Å². The highest BCUT2D eigenvalue weighted by molar-refractivity contribution is 5.98. The Hall–Kier alpha value is -4.18. The molecule has 0 aliphatic heterocycles. The first kappa shape index (κ1) is 33.3. The molecule has 2 N–H and O–H groups in total. The van der Waals surface area contributed by atoms with Crippen LogP contribution in [-0.2, 0) is 0 Å². The number of pyridine rings is 1. The third-order valence-corrected chi connectivity index (χ3v) is 7.03. The third kappa shape index (κ3) is 7.81. The van der Waals surface area contributed by atoms with Crippen molar-refractivity contribution in [2.24, 2.45) is 0 Å². The van der Waals surface area contributed by atoms with Gasteiger partial charge >= 0.3 is 0 Å². The molecule has 10 heteroatoms. The molecular weight excluding hydrogens is 550 g/mol. The highest BCUT2D eigenvalue weighted by atomic mass is 19.1. The van der Waals surface area contributed by atoms with Crippen LogP contribution in [0.3, 0.4) is 0 Å². The molecule has 2 aromatic heterocycles. The van der Waals surface area contributed by atoms with Gasteiger partial charge in [0.05, 0.1) is 5.69 Å². The zero-order valence-electron chi connectivity index (χ0n) is 25.9. The van der Waals surface area contributed by atoms with Crippen molar-refractivity contribution in [3.8, 4) is 16.9 Å². The Labute approximate surface area is 252 Å². The average molecular weight is 593 g/mol. The SMILES string of the molecule is CC.CCCNC(=O)c1ccc(C)c(-c2nc(NCCCN(CC)CC)nc3c2ccc(=O)n3-c2c(F)cccc2F)c1. The van der Waals surface area contributed by atoms with Gasteiger partial charge in [-0.15, -0.1) is 0 Å². The van der Waals surface area contributed by atoms with E-state index in [-0.39, 0.29) is 17.5 Å². The van der Waals surface area contributed by atoms with Crippen LogP contribution in [0, 0.1) is 18.6 Å². The van der Waals surface area contributed by atoms with Gasteiger partial charge in [0, 0.05) is 35.7 Å². The van der Waals surface area contributed by atoms with Gasteiger partial charge in [-0.3, -0.25) is 14.2 Å². The summed E-state index contributed by atoms with van der Waals surface area (Å²) in [6.45, 7) is 15.9. The standard InChI is InChI=1S/C31H36F2N6O2.C2H6/c1-5-16-34-30(41)21-13-12-20(4)23(19-21)27-22-14-15-26(40)39(28-24(32)10-8-11-25(28)33)29(22)37-31(36-27)35-17-9-18-38(6-2)7-3;1-2/h8,10-15,19H,5-7,9,16-18H2,1-4H3,(H,34,41)(H,35,36,37);1-2H3. The smallest absolute Gasteiger partial charge is 0.256 e. The summed E-state index contributed by atoms with van der Waals surface area (Å²) in [6.07, 6.45) is 1.61. The Balaban J connectivity index is 0.00000248. The lowest BCUT2D eigenvalue weighted by molar-refractivity contribution is 0.0953. The highest BCUT2D eigenvalue weighted by Crippen LogP contribution is 2.31. The van der Waals surface area contributed by atoms with Gasteiger partial charge in [-0.2, -0.15) is 4.98 Å². The van der Waals surface area contributed by atoms with E-state index in [2.05, 4.69) is 34.4 Å². The molecule has 8 nitrogen and oxygen atoms in total. The number of carbonyl (C=O) groups excluding carboxylic acids is 1. The van der Waals surface area contributed by atoms with Crippen molar-refractivity contribution in [1.29, 1.82) is 0 Å². The predicted octanol–water partition coefficient (Wildman–Crippen LogP) is 6.34. The Morgan fingerprint density at radius 1 is 0.953 bits per heavy atom. The van der Waals surface area contributed by atoms with E-state index in [9.17, 15) is 18.4 Å². The van der Waals surface area contributed by atoms with Crippen LogP contribution in [-0.4, -0.2) is 58.1 Å². The molecule has 1 amide bonds. The first-order valence-corrected chi connectivity index (χ1v) is 15.0. The molecule has 0 radical (unpaired) electrons. The van der Waals surface area contributed by atoms with Crippen LogP contribution in [0.4, 0.5) is 14.7 Å². The monoisotopic (exact) mass is 592 g/mol. The van der Waals surface area contributed by atoms with Crippen LogP contribution < -0.4 is 16.2 Å². The van der Waals surface area contributed by atoms with Crippen LogP contribution in [0.2, 0.25) is 0 Å². The van der Waals surface area contributed by atoms with Crippen molar-refractivity contribution < 1.29 is 13.6 Å². The largest absolute Gasteiger partial charge is 0.354 e. The molecule has 0 saturated carbocycles. The molecule has 0 saturated heterocycles. The summed E-state index contributed by atoms with van der Waals surface area (Å²) >= 11 is 0. The number of hydrogen-bond donors (Lipinski definition) is 2. The first-order valence-electron chi connectivity index (χ1n) is 15.0. The van der Waals surface area contributed by atoms with E-state index >= 15 is 0 Å². The fourth-order valence-corrected chi connectivity index (χ4v) is 4.72. The molecule has 4 rings (SSSR count). The van der Waals surface area contributed by atoms with Crippen molar-refractivity contribution >= 4 is 22.9 Å². The number of nitrogens with one attached hydrogen (secondary N) is 2. The second-order valence-corrected chi connectivity index (χ2v) is 9.80. The number of rotatable bonds is 12. The van der Waals surface area contributed by atoms with E-state index in [1.54, 1.807) is 18.2 Å². The minimum Gasteiger partial charge on any atom is -0.354 e. The number of fused-ring (bicyclic) bond motifs is 1. The summed E-state index contributed by atoms with van der Waals surface area (Å²) in [7, 11) is 0. The van der Waals surface area contributed by atoms with Crippen molar-refractivity contribution in [3.63, 3.8) is 0 Å². The molecule has 2 heterocycles. The summed E-state index contributed by atoms with van der Waals surface area (Å²) in [4.78, 5) is 37.5. The van der Waals surface area contributed by atoms with Crippen LogP contribution in [0.15, 0.2) is 53.3 Å². The van der Waals surface area contributed by atoms with Crippen molar-refractivity contribution in [3.05, 3.63) is 81.6 Å². The summed E-state index contributed by atoms with van der Waals surface area (Å²) in [6, 6.07) is 11.5. The van der Waals surface area contributed by atoms with Crippen molar-refractivity contribution in [1.82, 2.24) is 24.8 Å². The number of para-hydroxylation sites is 1. The minimum atomic E-state index is -0.890. The highest BCUT2D eigenvalue weighted by Gasteiger charge is 2.21. The van der Waals surface area contributed by atoms with Gasteiger partial charge in [0.25, 0.3) is 11.5 Å². The second kappa shape index (κ2) is 15.9. The number of halogens is 2. The fraction of sp³-hybridized carbons (Fsp3) is 0.394. The third-order valence-electron chi connectivity index (χ3n) is 7.03. The number of benzene rings is 2. The average Bonchev–Trinajstić information content (AvgIpc) is 3.01. The molecule has 2 aromatic carbocycles. The number of anilines is 1. The molecule has 43 heavy (non-hydrogen) atoms. The Bertz CT molecular complexity index is 1580. The lowest BCUT2D eigenvalue weighted by atomic mass is 9.99. The minimum absolute atomic E-state index is 0.0537. The van der Waals surface area contributed by atoms with Crippen LogP contribution in [0.5, 0.6) is 0 Å². The van der Waals surface area contributed by atoms with Gasteiger partial charge in [0.1, 0.15) is 17.3 Å². The van der Waals surface area contributed by atoms with E-state index < -0.39 is 22.9 Å². The number of nitrogens with zero attached hydrogens (tertiary/aromatic N) is 4. The number of hydrogen-bond acceptors (Lipinski definition) is 6. The van der Waals surface area contributed by atoms with Crippen LogP contribution in [0.25, 0.3) is 28.0 Å². The summed E-state index contributed by atoms with van der Waals surface area (Å²) in [5, 5.41) is 6.53. The van der Waals surface area contributed by atoms with Crippen molar-refractivity contribution in [2.45, 2.75) is 54.4 Å². The van der Waals surface area contributed by atoms with E-state index in [1.165, 1.54) is 12.1 Å². The number of amides is 1. The maximum absolute atomic E-state index is 15.0. The molecule has 230 valence electrons. The molecule has 0 fully saturated rings. The van der Waals surface area contributed by atoms with Crippen LogP contribution in [0.1, 0.15) is 63.4 Å². The predicted molar refractivity (Wildman–Crippen MR) is 170 cm³/mol. The van der Waals surface area contributed by atoms with E-state index in [4.69, 9.17) is 4.98 Å². The van der Waals surface area contributed by atoms with Gasteiger partial charge in [0.15, 0.2) is 5.65 Å². The fourth-order valence-electron chi connectivity index (χ4n) is 4.72. The quantitative estimate of drug-likeness (QED) is 0.187. The molecule has 0 spiro atoms. The normalized spacial score (nSPS) is 10.9. The first-order chi connectivity index (χ1) is 20.8. The number of aromatic nitrogens is 3. The molecule has 0 aliphatic rings. The number of aryl methyl sites for hydroxylation is 1. The molecule has 0 bridgehead atoms. The molecular formula is C33H42F2N6O2. The van der Waals surface area contributed by atoms with Gasteiger partial charge in [-0.05, 0) is 75.3 Å². The number of carbonyl (C=O) groups is 1. The molecule has 0 atom stereocenters. The topological polar surface area (TPSA) is 92.2 Å². The van der Waals surface area contributed by atoms with E-state index in [0.29, 0.717) is 35.3 Å². The second-order valence-electron chi connectivity index (χ2n) is 9.80. The summed E-state index contributed by atoms with van der Waals surface area (Å²) in [5.41, 5.74) is 1.28. The molecule has 0 unspecified atom stereocenters. The van der Waals surface area contributed by atoms with Gasteiger partial charge in [0.2, 0.25) is 5.95 Å². The van der Waals surface area contributed by atoms with Crippen LogP contribution >= 0.6 is 0 Å². The zero-order chi connectivity index (χ0) is 31.5. The Morgan fingerprint density at radius 2 is 1.65 bits per heavy atom. The summed E-state index contributed by atoms with van der Waals surface area (Å²) in [5.74, 6) is -1.78. The van der Waals surface area contributed by atoms with Gasteiger partial charge in [-0.25, -0.2) is 13.8 Å². The van der Waals surface area contributed by atoms with E-state index in [0.717, 1.165) is 54.7 Å². The maximum Gasteiger partial charge on any atom is 0.256 e. The Kier molecular flexibility index (Phi) is 12.3. The lowest BCUT2D eigenvalue weighted by Gasteiger charge is -2.18. The lowest BCUT2D eigenvalue weighted by Crippen LogP contribution is -2.25. The summed E-state index contributed by atoms with van der Waals surface area (Å²) < 4.78 is 30.9.